The van der Waals surface area contributed by atoms with Crippen molar-refractivity contribution in [3.05, 3.63) is 44.8 Å². The lowest BCUT2D eigenvalue weighted by Gasteiger charge is -2.30. The van der Waals surface area contributed by atoms with Crippen LogP contribution >= 0.6 is 24.0 Å². The Bertz CT molecular complexity index is 645. The van der Waals surface area contributed by atoms with Crippen molar-refractivity contribution in [3.63, 3.8) is 0 Å². The van der Waals surface area contributed by atoms with Gasteiger partial charge in [0.25, 0.3) is 11.6 Å². The van der Waals surface area contributed by atoms with Crippen LogP contribution < -0.4 is 0 Å². The first-order valence-electron chi connectivity index (χ1n) is 6.22. The van der Waals surface area contributed by atoms with Crippen molar-refractivity contribution in [1.82, 2.24) is 4.90 Å². The van der Waals surface area contributed by atoms with E-state index in [1.165, 1.54) is 23.9 Å². The van der Waals surface area contributed by atoms with E-state index in [1.54, 1.807) is 23.1 Å². The molecule has 1 aliphatic rings. The molecule has 1 saturated heterocycles. The minimum atomic E-state index is -0.455. The number of nitrogens with zero attached hydrogens (tertiary/aromatic N) is 2. The highest BCUT2D eigenvalue weighted by atomic mass is 32.2. The predicted octanol–water partition coefficient (Wildman–Crippen LogP) is 3.59. The molecule has 7 heteroatoms. The quantitative estimate of drug-likeness (QED) is 0.360. The summed E-state index contributed by atoms with van der Waals surface area (Å²) < 4.78 is 0.528. The molecule has 0 atom stereocenters. The Kier molecular flexibility index (Phi) is 4.15. The summed E-state index contributed by atoms with van der Waals surface area (Å²) in [6, 6.07) is 6.05. The van der Waals surface area contributed by atoms with Gasteiger partial charge >= 0.3 is 0 Å². The first-order valence-corrected chi connectivity index (χ1v) is 7.45. The van der Waals surface area contributed by atoms with E-state index in [-0.39, 0.29) is 17.1 Å². The predicted molar refractivity (Wildman–Crippen MR) is 87.9 cm³/mol. The third kappa shape index (κ3) is 3.30. The van der Waals surface area contributed by atoms with Gasteiger partial charge in [-0.15, -0.1) is 0 Å². The van der Waals surface area contributed by atoms with Crippen LogP contribution in [0.2, 0.25) is 0 Å². The average Bonchev–Trinajstić information content (AvgIpc) is 2.64. The van der Waals surface area contributed by atoms with Crippen molar-refractivity contribution in [2.75, 3.05) is 0 Å². The number of nitro groups is 1. The minimum Gasteiger partial charge on any atom is -0.288 e. The highest BCUT2D eigenvalue weighted by molar-refractivity contribution is 8.26. The molecule has 0 bridgehead atoms. The second-order valence-electron chi connectivity index (χ2n) is 5.54. The molecule has 1 aromatic carbocycles. The number of carbonyl (C=O) groups is 1. The molecule has 0 radical (unpaired) electrons. The Hall–Kier alpha value is -1.73. The number of hydrogen-bond acceptors (Lipinski definition) is 5. The number of thioether (sulfide) groups is 1. The van der Waals surface area contributed by atoms with Crippen LogP contribution in [0, 0.1) is 10.1 Å². The fourth-order valence-corrected chi connectivity index (χ4v) is 3.53. The molecule has 1 aromatic rings. The maximum atomic E-state index is 12.4. The van der Waals surface area contributed by atoms with Crippen LogP contribution in [0.3, 0.4) is 0 Å². The summed E-state index contributed by atoms with van der Waals surface area (Å²) in [6.45, 7) is 5.77. The zero-order chi connectivity index (χ0) is 15.8. The lowest BCUT2D eigenvalue weighted by Crippen LogP contribution is -2.44. The molecule has 1 amide bonds. The molecule has 0 aliphatic carbocycles. The molecule has 5 nitrogen and oxygen atoms in total. The lowest BCUT2D eigenvalue weighted by molar-refractivity contribution is -0.384. The van der Waals surface area contributed by atoms with Crippen LogP contribution in [0.5, 0.6) is 0 Å². The van der Waals surface area contributed by atoms with E-state index in [4.69, 9.17) is 12.2 Å². The number of nitro benzene ring substituents is 1. The number of thiocarbonyl (C=S) groups is 1. The second kappa shape index (κ2) is 5.57. The molecule has 0 N–H and O–H groups in total. The Labute approximate surface area is 132 Å². The Morgan fingerprint density at radius 1 is 1.29 bits per heavy atom. The number of non-ortho nitro benzene ring substituents is 1. The molecule has 1 heterocycles. The second-order valence-corrected chi connectivity index (χ2v) is 7.21. The van der Waals surface area contributed by atoms with Crippen molar-refractivity contribution >= 4 is 46.0 Å². The molecular weight excluding hydrogens is 308 g/mol. The molecule has 0 unspecified atom stereocenters. The molecule has 0 spiro atoms. The molecule has 1 fully saturated rings. The van der Waals surface area contributed by atoms with Crippen molar-refractivity contribution in [1.29, 1.82) is 0 Å². The van der Waals surface area contributed by atoms with Gasteiger partial charge in [0.05, 0.1) is 9.83 Å². The summed E-state index contributed by atoms with van der Waals surface area (Å²) in [5, 5.41) is 10.6. The van der Waals surface area contributed by atoms with Crippen molar-refractivity contribution in [2.45, 2.75) is 26.3 Å². The first kappa shape index (κ1) is 15.7. The van der Waals surface area contributed by atoms with Crippen LogP contribution in [0.4, 0.5) is 5.69 Å². The number of benzene rings is 1. The van der Waals surface area contributed by atoms with Gasteiger partial charge in [-0.05, 0) is 44.5 Å². The number of rotatable bonds is 2. The van der Waals surface area contributed by atoms with E-state index in [2.05, 4.69) is 0 Å². The molecule has 2 rings (SSSR count). The summed E-state index contributed by atoms with van der Waals surface area (Å²) in [7, 11) is 0. The van der Waals surface area contributed by atoms with Crippen LogP contribution in [0.1, 0.15) is 26.3 Å². The van der Waals surface area contributed by atoms with E-state index < -0.39 is 4.92 Å². The largest absolute Gasteiger partial charge is 0.288 e. The smallest absolute Gasteiger partial charge is 0.269 e. The fourth-order valence-electron chi connectivity index (χ4n) is 1.89. The van der Waals surface area contributed by atoms with E-state index >= 15 is 0 Å². The molecule has 1 aliphatic heterocycles. The zero-order valence-electron chi connectivity index (χ0n) is 11.8. The van der Waals surface area contributed by atoms with Gasteiger partial charge < -0.3 is 0 Å². The van der Waals surface area contributed by atoms with Gasteiger partial charge in [-0.1, -0.05) is 24.0 Å². The summed E-state index contributed by atoms with van der Waals surface area (Å²) >= 11 is 6.50. The lowest BCUT2D eigenvalue weighted by atomic mass is 10.1. The van der Waals surface area contributed by atoms with Crippen molar-refractivity contribution in [2.24, 2.45) is 0 Å². The third-order valence-electron chi connectivity index (χ3n) is 2.87. The number of hydrogen-bond donors (Lipinski definition) is 0. The van der Waals surface area contributed by atoms with Crippen molar-refractivity contribution in [3.8, 4) is 0 Å². The molecule has 0 aromatic heterocycles. The summed E-state index contributed by atoms with van der Waals surface area (Å²) in [6.07, 6.45) is 1.70. The van der Waals surface area contributed by atoms with Crippen LogP contribution in [0.25, 0.3) is 6.08 Å². The molecule has 110 valence electrons. The van der Waals surface area contributed by atoms with E-state index in [1.807, 2.05) is 20.8 Å². The van der Waals surface area contributed by atoms with Gasteiger partial charge in [-0.2, -0.15) is 0 Å². The maximum absolute atomic E-state index is 12.4. The SMILES string of the molecule is CC(C)(C)N1C(=O)/C(=C/c2ccc([N+](=O)[O-])cc2)SC1=S. The first-order chi connectivity index (χ1) is 9.70. The van der Waals surface area contributed by atoms with Gasteiger partial charge in [0.15, 0.2) is 0 Å². The van der Waals surface area contributed by atoms with Gasteiger partial charge in [-0.3, -0.25) is 19.8 Å². The van der Waals surface area contributed by atoms with E-state index in [0.717, 1.165) is 5.56 Å². The topological polar surface area (TPSA) is 63.5 Å². The third-order valence-corrected chi connectivity index (χ3v) is 4.17. The zero-order valence-corrected chi connectivity index (χ0v) is 13.5. The number of amides is 1. The highest BCUT2D eigenvalue weighted by Crippen LogP contribution is 2.36. The molecule has 21 heavy (non-hydrogen) atoms. The highest BCUT2D eigenvalue weighted by Gasteiger charge is 2.38. The average molecular weight is 322 g/mol. The Morgan fingerprint density at radius 3 is 2.29 bits per heavy atom. The standard InChI is InChI=1S/C14H14N2O3S2/c1-14(2,3)15-12(17)11(21-13(15)20)8-9-4-6-10(7-5-9)16(18)19/h4-8H,1-3H3/b11-8-. The number of carbonyl (C=O) groups excluding carboxylic acids is 1. The van der Waals surface area contributed by atoms with Crippen LogP contribution in [-0.4, -0.2) is 25.6 Å². The van der Waals surface area contributed by atoms with Gasteiger partial charge in [0, 0.05) is 17.7 Å². The van der Waals surface area contributed by atoms with Gasteiger partial charge in [0.2, 0.25) is 0 Å². The monoisotopic (exact) mass is 322 g/mol. The summed E-state index contributed by atoms with van der Waals surface area (Å²) in [4.78, 5) is 24.7. The van der Waals surface area contributed by atoms with Gasteiger partial charge in [-0.25, -0.2) is 0 Å². The summed E-state index contributed by atoms with van der Waals surface area (Å²) in [5.41, 5.74) is 0.385. The Balaban J connectivity index is 2.28. The van der Waals surface area contributed by atoms with E-state index in [0.29, 0.717) is 9.23 Å². The minimum absolute atomic E-state index is 0.0226. The molecular formula is C14H14N2O3S2. The van der Waals surface area contributed by atoms with Crippen LogP contribution in [0.15, 0.2) is 29.2 Å². The molecule has 0 saturated carbocycles. The summed E-state index contributed by atoms with van der Waals surface area (Å²) in [5.74, 6) is -0.129. The Morgan fingerprint density at radius 2 is 1.86 bits per heavy atom. The van der Waals surface area contributed by atoms with Crippen molar-refractivity contribution < 1.29 is 9.72 Å². The van der Waals surface area contributed by atoms with Crippen LogP contribution in [-0.2, 0) is 4.79 Å². The fraction of sp³-hybridized carbons (Fsp3) is 0.286. The van der Waals surface area contributed by atoms with Gasteiger partial charge in [0.1, 0.15) is 4.32 Å². The normalized spacial score (nSPS) is 17.7. The maximum Gasteiger partial charge on any atom is 0.269 e. The van der Waals surface area contributed by atoms with E-state index in [9.17, 15) is 14.9 Å².